The van der Waals surface area contributed by atoms with Crippen LogP contribution in [-0.4, -0.2) is 29.4 Å². The summed E-state index contributed by atoms with van der Waals surface area (Å²) in [7, 11) is 0. The number of aryl methyl sites for hydroxylation is 1. The molecule has 194 valence electrons. The third-order valence-corrected chi connectivity index (χ3v) is 6.50. The highest BCUT2D eigenvalue weighted by atomic mass is 35.5. The third kappa shape index (κ3) is 4.56. The van der Waals surface area contributed by atoms with Crippen LogP contribution in [0.5, 0.6) is 0 Å². The number of halogens is 4. The minimum Gasteiger partial charge on any atom is -0.267 e. The lowest BCUT2D eigenvalue weighted by molar-refractivity contribution is -0.141. The highest BCUT2D eigenvalue weighted by Gasteiger charge is 2.33. The van der Waals surface area contributed by atoms with Crippen molar-refractivity contribution < 1.29 is 13.2 Å². The minimum absolute atomic E-state index is 0.0386. The first kappa shape index (κ1) is 25.6. The average molecular weight is 539 g/mol. The number of fused-ring (bicyclic) bond motifs is 1. The summed E-state index contributed by atoms with van der Waals surface area (Å²) in [4.78, 5) is 22.1. The van der Waals surface area contributed by atoms with Crippen LogP contribution in [-0.2, 0) is 12.7 Å². The van der Waals surface area contributed by atoms with Crippen molar-refractivity contribution in [3.63, 3.8) is 0 Å². The van der Waals surface area contributed by atoms with E-state index < -0.39 is 11.9 Å². The number of hydrogen-bond donors (Lipinski definition) is 0. The Kier molecular flexibility index (Phi) is 6.52. The lowest BCUT2D eigenvalue weighted by Gasteiger charge is -2.19. The molecule has 5 aromatic rings. The number of pyridine rings is 2. The molecule has 0 saturated carbocycles. The maximum atomic E-state index is 14.3. The fourth-order valence-corrected chi connectivity index (χ4v) is 4.51. The molecule has 0 radical (unpaired) electrons. The van der Waals surface area contributed by atoms with Crippen LogP contribution in [0.4, 0.5) is 13.2 Å². The molecule has 0 atom stereocenters. The first-order valence-electron chi connectivity index (χ1n) is 11.8. The number of hydrogen-bond acceptors (Lipinski definition) is 5. The van der Waals surface area contributed by atoms with Gasteiger partial charge >= 0.3 is 6.18 Å². The van der Waals surface area contributed by atoms with Crippen LogP contribution in [0.25, 0.3) is 27.9 Å². The second kappa shape index (κ2) is 9.68. The fraction of sp³-hybridized carbons (Fsp3) is 0.222. The van der Waals surface area contributed by atoms with Gasteiger partial charge in [-0.2, -0.15) is 13.2 Å². The number of benzene rings is 1. The van der Waals surface area contributed by atoms with Crippen molar-refractivity contribution in [2.24, 2.45) is 0 Å². The van der Waals surface area contributed by atoms with Crippen LogP contribution >= 0.6 is 11.6 Å². The molecule has 0 aliphatic carbocycles. The maximum absolute atomic E-state index is 14.3. The molecule has 0 N–H and O–H groups in total. The normalized spacial score (nSPS) is 12.0. The lowest BCUT2D eigenvalue weighted by atomic mass is 9.97. The smallest absolute Gasteiger partial charge is 0.267 e. The van der Waals surface area contributed by atoms with Crippen molar-refractivity contribution in [3.05, 3.63) is 99.1 Å². The molecule has 0 spiro atoms. The Morgan fingerprint density at radius 2 is 1.58 bits per heavy atom. The van der Waals surface area contributed by atoms with Crippen molar-refractivity contribution >= 4 is 17.2 Å². The van der Waals surface area contributed by atoms with Crippen LogP contribution < -0.4 is 5.56 Å². The summed E-state index contributed by atoms with van der Waals surface area (Å²) < 4.78 is 42.8. The molecule has 1 aromatic carbocycles. The topological polar surface area (TPSA) is 78.0 Å². The van der Waals surface area contributed by atoms with Gasteiger partial charge in [0.2, 0.25) is 0 Å². The third-order valence-electron chi connectivity index (χ3n) is 6.25. The molecule has 4 aromatic heterocycles. The van der Waals surface area contributed by atoms with Gasteiger partial charge in [0.1, 0.15) is 5.69 Å². The van der Waals surface area contributed by atoms with E-state index in [2.05, 4.69) is 20.2 Å². The maximum Gasteiger partial charge on any atom is 0.433 e. The predicted octanol–water partition coefficient (Wildman–Crippen LogP) is 6.17. The van der Waals surface area contributed by atoms with Crippen LogP contribution in [0, 0.1) is 6.92 Å². The van der Waals surface area contributed by atoms with Crippen LogP contribution in [0.3, 0.4) is 0 Å². The van der Waals surface area contributed by atoms with Gasteiger partial charge in [-0.25, -0.2) is 14.2 Å². The van der Waals surface area contributed by atoms with E-state index in [1.165, 1.54) is 17.7 Å². The molecule has 7 nitrogen and oxygen atoms in total. The Hall–Kier alpha value is -4.05. The summed E-state index contributed by atoms with van der Waals surface area (Å²) in [6.45, 7) is 5.31. The zero-order valence-corrected chi connectivity index (χ0v) is 21.4. The molecule has 0 fully saturated rings. The van der Waals surface area contributed by atoms with E-state index in [1.54, 1.807) is 53.3 Å². The summed E-state index contributed by atoms with van der Waals surface area (Å²) in [5.41, 5.74) is 1.97. The number of nitrogens with zero attached hydrogens (tertiary/aromatic N) is 6. The number of aromatic nitrogens is 6. The summed E-state index contributed by atoms with van der Waals surface area (Å²) >= 11 is 6.14. The van der Waals surface area contributed by atoms with Gasteiger partial charge in [0.25, 0.3) is 5.56 Å². The quantitative estimate of drug-likeness (QED) is 0.267. The molecule has 11 heteroatoms. The Balaban J connectivity index is 1.84. The first-order valence-corrected chi connectivity index (χ1v) is 12.2. The van der Waals surface area contributed by atoms with Crippen LogP contribution in [0.2, 0.25) is 5.02 Å². The van der Waals surface area contributed by atoms with E-state index in [-0.39, 0.29) is 23.7 Å². The molecule has 0 bridgehead atoms. The van der Waals surface area contributed by atoms with Crippen molar-refractivity contribution in [1.82, 2.24) is 29.4 Å². The van der Waals surface area contributed by atoms with E-state index in [9.17, 15) is 18.0 Å². The molecule has 0 aliphatic rings. The highest BCUT2D eigenvalue weighted by Crippen LogP contribution is 2.34. The predicted molar refractivity (Wildman–Crippen MR) is 138 cm³/mol. The van der Waals surface area contributed by atoms with Crippen molar-refractivity contribution in [3.8, 4) is 22.3 Å². The molecular weight excluding hydrogens is 517 g/mol. The van der Waals surface area contributed by atoms with Crippen molar-refractivity contribution in [2.45, 2.75) is 39.4 Å². The molecule has 4 heterocycles. The van der Waals surface area contributed by atoms with E-state index in [1.807, 2.05) is 13.8 Å². The Morgan fingerprint density at radius 3 is 2.18 bits per heavy atom. The molecule has 38 heavy (non-hydrogen) atoms. The first-order chi connectivity index (χ1) is 18.1. The van der Waals surface area contributed by atoms with Gasteiger partial charge in [-0.15, -0.1) is 10.2 Å². The van der Waals surface area contributed by atoms with Gasteiger partial charge in [0.15, 0.2) is 11.5 Å². The summed E-state index contributed by atoms with van der Waals surface area (Å²) in [5.74, 6) is 0.429. The minimum atomic E-state index is -4.57. The van der Waals surface area contributed by atoms with Gasteiger partial charge in [0.05, 0.1) is 12.1 Å². The van der Waals surface area contributed by atoms with Crippen LogP contribution in [0.15, 0.2) is 65.7 Å². The Morgan fingerprint density at radius 1 is 0.921 bits per heavy atom. The summed E-state index contributed by atoms with van der Waals surface area (Å²) in [6, 6.07) is 12.8. The van der Waals surface area contributed by atoms with E-state index in [0.29, 0.717) is 44.3 Å². The summed E-state index contributed by atoms with van der Waals surface area (Å²) in [5, 5.41) is 9.41. The second-order valence-electron chi connectivity index (χ2n) is 9.14. The molecule has 0 saturated heterocycles. The van der Waals surface area contributed by atoms with E-state index in [4.69, 9.17) is 11.6 Å². The number of alkyl halides is 3. The SMILES string of the molecule is Cc1nc(C(F)(F)F)ccc1Cn1c(=O)c(-c2ccncc2)c(-c2ccc(Cl)cc2)c2nnc(C(C)C)n21. The van der Waals surface area contributed by atoms with Gasteiger partial charge in [0, 0.05) is 34.6 Å². The summed E-state index contributed by atoms with van der Waals surface area (Å²) in [6.07, 6.45) is -1.40. The Labute approximate surface area is 220 Å². The molecule has 0 unspecified atom stereocenters. The molecule has 0 amide bonds. The van der Waals surface area contributed by atoms with Gasteiger partial charge in [-0.3, -0.25) is 9.78 Å². The monoisotopic (exact) mass is 538 g/mol. The fourth-order valence-electron chi connectivity index (χ4n) is 4.38. The van der Waals surface area contributed by atoms with Crippen molar-refractivity contribution in [1.29, 1.82) is 0 Å². The second-order valence-corrected chi connectivity index (χ2v) is 9.58. The zero-order valence-electron chi connectivity index (χ0n) is 20.7. The molecule has 5 rings (SSSR count). The van der Waals surface area contributed by atoms with E-state index in [0.717, 1.165) is 6.07 Å². The largest absolute Gasteiger partial charge is 0.433 e. The molecule has 0 aliphatic heterocycles. The van der Waals surface area contributed by atoms with Crippen LogP contribution in [0.1, 0.15) is 42.5 Å². The van der Waals surface area contributed by atoms with Gasteiger partial charge in [-0.1, -0.05) is 43.6 Å². The molecular formula is C27H22ClF3N6O. The van der Waals surface area contributed by atoms with Gasteiger partial charge < -0.3 is 0 Å². The highest BCUT2D eigenvalue weighted by molar-refractivity contribution is 6.30. The van der Waals surface area contributed by atoms with E-state index >= 15 is 0 Å². The standard InChI is InChI=1S/C27H22ClF3N6O/c1-15(2)24-34-35-25-22(17-4-7-20(28)8-5-17)23(18-10-12-32-13-11-18)26(38)36(37(24)25)14-19-6-9-21(27(29,30)31)33-16(19)3/h4-13,15H,14H2,1-3H3. The Bertz CT molecular complexity index is 1690. The average Bonchev–Trinajstić information content (AvgIpc) is 3.32. The lowest BCUT2D eigenvalue weighted by Crippen LogP contribution is -2.30. The van der Waals surface area contributed by atoms with Crippen molar-refractivity contribution in [2.75, 3.05) is 0 Å². The zero-order chi connectivity index (χ0) is 27.2. The van der Waals surface area contributed by atoms with Gasteiger partial charge in [-0.05, 0) is 53.9 Å². The number of rotatable bonds is 5.